The Labute approximate surface area is 222 Å². The Morgan fingerprint density at radius 2 is 1.89 bits per heavy atom. The van der Waals surface area contributed by atoms with Gasteiger partial charge < -0.3 is 4.74 Å². The van der Waals surface area contributed by atoms with Crippen molar-refractivity contribution in [3.05, 3.63) is 59.2 Å². The fourth-order valence-electron chi connectivity index (χ4n) is 7.99. The topological polar surface area (TPSA) is 72.5 Å². The van der Waals surface area contributed by atoms with Crippen molar-refractivity contribution in [3.8, 4) is 5.75 Å². The van der Waals surface area contributed by atoms with Crippen LogP contribution >= 0.6 is 0 Å². The molecule has 2 aromatic rings. The highest BCUT2D eigenvalue weighted by Crippen LogP contribution is 2.63. The first-order valence-electron chi connectivity index (χ1n) is 13.9. The lowest BCUT2D eigenvalue weighted by molar-refractivity contribution is -0.129. The van der Waals surface area contributed by atoms with Gasteiger partial charge in [0.25, 0.3) is 0 Å². The van der Waals surface area contributed by atoms with Crippen molar-refractivity contribution in [2.24, 2.45) is 29.1 Å². The Morgan fingerprint density at radius 1 is 1.14 bits per heavy atom. The molecule has 2 fully saturated rings. The summed E-state index contributed by atoms with van der Waals surface area (Å²) in [6.07, 6.45) is 6.54. The standard InChI is InChI=1S/C31H41NO4S/c1-5-21(15-17-32-37(34,35)24-10-6-20(2)7-11-24)28-19-29(33)31(3)16-14-26-25-13-9-23(36-4)18-22(25)8-12-27(26)30(28)31/h6-7,9-11,13,18,21,26-28,30,32H,5,8,12,14-17,19H2,1-4H3/t21?,26-,27-,28?,30-,31-/m1/s1. The first-order valence-corrected chi connectivity index (χ1v) is 15.4. The van der Waals surface area contributed by atoms with E-state index >= 15 is 0 Å². The molecule has 2 aromatic carbocycles. The summed E-state index contributed by atoms with van der Waals surface area (Å²) in [4.78, 5) is 13.8. The predicted octanol–water partition coefficient (Wildman–Crippen LogP) is 6.05. The van der Waals surface area contributed by atoms with Gasteiger partial charge in [0.1, 0.15) is 11.5 Å². The van der Waals surface area contributed by atoms with Gasteiger partial charge in [0, 0.05) is 18.4 Å². The summed E-state index contributed by atoms with van der Waals surface area (Å²) in [5.74, 6) is 3.37. The fraction of sp³-hybridized carbons (Fsp3) is 0.581. The second-order valence-electron chi connectivity index (χ2n) is 11.8. The quantitative estimate of drug-likeness (QED) is 0.457. The zero-order chi connectivity index (χ0) is 26.4. The highest BCUT2D eigenvalue weighted by atomic mass is 32.2. The van der Waals surface area contributed by atoms with Crippen LogP contribution in [0.25, 0.3) is 0 Å². The fourth-order valence-corrected chi connectivity index (χ4v) is 9.03. The second kappa shape index (κ2) is 10.2. The van der Waals surface area contributed by atoms with E-state index < -0.39 is 10.0 Å². The van der Waals surface area contributed by atoms with Crippen molar-refractivity contribution in [2.75, 3.05) is 13.7 Å². The maximum absolute atomic E-state index is 13.5. The Morgan fingerprint density at radius 3 is 2.59 bits per heavy atom. The van der Waals surface area contributed by atoms with Crippen LogP contribution in [-0.2, 0) is 21.2 Å². The molecule has 6 atom stereocenters. The number of methoxy groups -OCH3 is 1. The minimum absolute atomic E-state index is 0.245. The molecule has 5 nitrogen and oxygen atoms in total. The van der Waals surface area contributed by atoms with Gasteiger partial charge in [-0.15, -0.1) is 0 Å². The van der Waals surface area contributed by atoms with E-state index in [1.807, 2.05) is 19.1 Å². The van der Waals surface area contributed by atoms with Gasteiger partial charge in [0.05, 0.1) is 12.0 Å². The number of ketones is 1. The Bertz CT molecular complexity index is 1250. The molecule has 3 aliphatic carbocycles. The zero-order valence-electron chi connectivity index (χ0n) is 22.6. The molecule has 37 heavy (non-hydrogen) atoms. The molecule has 0 aromatic heterocycles. The van der Waals surface area contributed by atoms with Gasteiger partial charge >= 0.3 is 0 Å². The van der Waals surface area contributed by atoms with Crippen molar-refractivity contribution < 1.29 is 17.9 Å². The Kier molecular flexibility index (Phi) is 7.27. The van der Waals surface area contributed by atoms with E-state index in [1.165, 1.54) is 11.1 Å². The summed E-state index contributed by atoms with van der Waals surface area (Å²) in [6.45, 7) is 6.78. The van der Waals surface area contributed by atoms with Crippen LogP contribution in [0.5, 0.6) is 5.75 Å². The molecule has 6 heteroatoms. The number of carbonyl (C=O) groups is 1. The van der Waals surface area contributed by atoms with E-state index in [0.29, 0.717) is 53.2 Å². The summed E-state index contributed by atoms with van der Waals surface area (Å²) < 4.78 is 34.0. The van der Waals surface area contributed by atoms with Crippen LogP contribution in [0.3, 0.4) is 0 Å². The largest absolute Gasteiger partial charge is 0.497 e. The van der Waals surface area contributed by atoms with Gasteiger partial charge in [-0.25, -0.2) is 13.1 Å². The summed E-state index contributed by atoms with van der Waals surface area (Å²) in [5, 5.41) is 0. The molecule has 0 aliphatic heterocycles. The van der Waals surface area contributed by atoms with Crippen LogP contribution in [0.4, 0.5) is 0 Å². The monoisotopic (exact) mass is 523 g/mol. The number of sulfonamides is 1. The van der Waals surface area contributed by atoms with Crippen LogP contribution < -0.4 is 9.46 Å². The Hall–Kier alpha value is -2.18. The number of carbonyl (C=O) groups excluding carboxylic acids is 1. The molecule has 0 bridgehead atoms. The number of hydrogen-bond acceptors (Lipinski definition) is 4. The normalized spacial score (nSPS) is 29.8. The highest BCUT2D eigenvalue weighted by molar-refractivity contribution is 7.89. The molecule has 2 unspecified atom stereocenters. The molecule has 2 saturated carbocycles. The average molecular weight is 524 g/mol. The lowest BCUT2D eigenvalue weighted by Gasteiger charge is -2.51. The molecular weight excluding hydrogens is 482 g/mol. The first kappa shape index (κ1) is 26.4. The molecule has 0 heterocycles. The van der Waals surface area contributed by atoms with E-state index in [4.69, 9.17) is 4.74 Å². The molecule has 0 amide bonds. The molecule has 0 spiro atoms. The number of fused-ring (bicyclic) bond motifs is 5. The highest BCUT2D eigenvalue weighted by Gasteiger charge is 2.59. The van der Waals surface area contributed by atoms with Crippen LogP contribution in [0.2, 0.25) is 0 Å². The molecule has 200 valence electrons. The smallest absolute Gasteiger partial charge is 0.240 e. The third-order valence-corrected chi connectivity index (χ3v) is 11.4. The van der Waals surface area contributed by atoms with Crippen molar-refractivity contribution >= 4 is 15.8 Å². The molecule has 3 aliphatic rings. The number of hydrogen-bond donors (Lipinski definition) is 1. The van der Waals surface area contributed by atoms with E-state index in [-0.39, 0.29) is 5.41 Å². The number of nitrogens with one attached hydrogen (secondary N) is 1. The summed E-state index contributed by atoms with van der Waals surface area (Å²) in [6, 6.07) is 13.5. The predicted molar refractivity (Wildman–Crippen MR) is 146 cm³/mol. The van der Waals surface area contributed by atoms with Crippen molar-refractivity contribution in [3.63, 3.8) is 0 Å². The van der Waals surface area contributed by atoms with E-state index in [9.17, 15) is 13.2 Å². The lowest BCUT2D eigenvalue weighted by atomic mass is 9.53. The summed E-state index contributed by atoms with van der Waals surface area (Å²) >= 11 is 0. The van der Waals surface area contributed by atoms with Gasteiger partial charge in [0.2, 0.25) is 10.0 Å². The zero-order valence-corrected chi connectivity index (χ0v) is 23.4. The van der Waals surface area contributed by atoms with Crippen LogP contribution in [0.1, 0.15) is 75.0 Å². The summed E-state index contributed by atoms with van der Waals surface area (Å²) in [7, 11) is -1.81. The number of aryl methyl sites for hydroxylation is 2. The number of benzene rings is 2. The molecule has 0 saturated heterocycles. The third kappa shape index (κ3) is 4.76. The van der Waals surface area contributed by atoms with E-state index in [2.05, 4.69) is 36.8 Å². The lowest BCUT2D eigenvalue weighted by Crippen LogP contribution is -2.45. The second-order valence-corrected chi connectivity index (χ2v) is 13.6. The number of rotatable bonds is 8. The van der Waals surface area contributed by atoms with E-state index in [1.54, 1.807) is 19.2 Å². The summed E-state index contributed by atoms with van der Waals surface area (Å²) in [5.41, 5.74) is 3.65. The van der Waals surface area contributed by atoms with Crippen LogP contribution in [0.15, 0.2) is 47.4 Å². The van der Waals surface area contributed by atoms with E-state index in [0.717, 1.165) is 49.8 Å². The molecular formula is C31H41NO4S. The van der Waals surface area contributed by atoms with Gasteiger partial charge in [-0.2, -0.15) is 0 Å². The van der Waals surface area contributed by atoms with Crippen molar-refractivity contribution in [2.45, 2.75) is 76.5 Å². The van der Waals surface area contributed by atoms with Gasteiger partial charge in [0.15, 0.2) is 0 Å². The minimum atomic E-state index is -3.54. The van der Waals surface area contributed by atoms with Crippen molar-refractivity contribution in [1.82, 2.24) is 4.72 Å². The van der Waals surface area contributed by atoms with Gasteiger partial charge in [-0.05, 0) is 104 Å². The first-order chi connectivity index (χ1) is 17.7. The maximum Gasteiger partial charge on any atom is 0.240 e. The molecule has 0 radical (unpaired) electrons. The average Bonchev–Trinajstić information content (AvgIpc) is 3.16. The van der Waals surface area contributed by atoms with Gasteiger partial charge in [-0.3, -0.25) is 4.79 Å². The van der Waals surface area contributed by atoms with Gasteiger partial charge in [-0.1, -0.05) is 44.0 Å². The number of Topliss-reactive ketones (excluding diaryl/α,β-unsaturated/α-hetero) is 1. The Balaban J connectivity index is 1.34. The van der Waals surface area contributed by atoms with Crippen LogP contribution in [-0.4, -0.2) is 27.9 Å². The SMILES string of the molecule is CCC(CCNS(=O)(=O)c1ccc(C)cc1)C1CC(=O)[C@@]2(C)CC[C@@H]3c4ccc(OC)cc4CC[C@H]3[C@H]12. The molecule has 5 rings (SSSR count). The number of ether oxygens (including phenoxy) is 1. The maximum atomic E-state index is 13.5. The molecule has 1 N–H and O–H groups in total. The van der Waals surface area contributed by atoms with Crippen LogP contribution in [0, 0.1) is 36.0 Å². The van der Waals surface area contributed by atoms with Crippen molar-refractivity contribution in [1.29, 1.82) is 0 Å². The third-order valence-electron chi connectivity index (χ3n) is 9.97. The minimum Gasteiger partial charge on any atom is -0.497 e.